The molecule has 1 fully saturated rings. The van der Waals surface area contributed by atoms with E-state index < -0.39 is 6.10 Å². The van der Waals surface area contributed by atoms with Crippen molar-refractivity contribution in [1.82, 2.24) is 4.58 Å². The molecule has 5 nitrogen and oxygen atoms in total. The van der Waals surface area contributed by atoms with E-state index in [0.29, 0.717) is 11.3 Å². The van der Waals surface area contributed by atoms with Crippen molar-refractivity contribution in [2.75, 3.05) is 27.0 Å². The summed E-state index contributed by atoms with van der Waals surface area (Å²) < 4.78 is 19.1. The fraction of sp³-hybridized carbons (Fsp3) is 0.381. The molecule has 0 amide bonds. The third kappa shape index (κ3) is 3.97. The third-order valence-corrected chi connectivity index (χ3v) is 4.95. The lowest BCUT2D eigenvalue weighted by Crippen LogP contribution is -3.00. The molecule has 0 bridgehead atoms. The minimum absolute atomic E-state index is 0. The van der Waals surface area contributed by atoms with Crippen LogP contribution in [0, 0.1) is 0 Å². The van der Waals surface area contributed by atoms with E-state index in [4.69, 9.17) is 13.9 Å². The van der Waals surface area contributed by atoms with Crippen LogP contribution in [0.25, 0.3) is 22.3 Å². The Labute approximate surface area is 175 Å². The van der Waals surface area contributed by atoms with Gasteiger partial charge in [-0.2, -0.15) is 0 Å². The lowest BCUT2D eigenvalue weighted by atomic mass is 9.96. The molecule has 0 spiro atoms. The Kier molecular flexibility index (Phi) is 6.39. The number of hydrogen-bond donors (Lipinski definition) is 1. The smallest absolute Gasteiger partial charge is 0.203 e. The van der Waals surface area contributed by atoms with Gasteiger partial charge in [-0.25, -0.2) is 4.58 Å². The Morgan fingerprint density at radius 2 is 1.93 bits per heavy atom. The first-order chi connectivity index (χ1) is 12.7. The van der Waals surface area contributed by atoms with E-state index >= 15 is 0 Å². The average molecular weight is 481 g/mol. The summed E-state index contributed by atoms with van der Waals surface area (Å²) in [6.07, 6.45) is 1.86. The third-order valence-electron chi connectivity index (χ3n) is 4.95. The molecule has 1 aromatic rings. The van der Waals surface area contributed by atoms with Crippen molar-refractivity contribution in [1.29, 1.82) is 0 Å². The van der Waals surface area contributed by atoms with Gasteiger partial charge in [0.05, 0.1) is 12.2 Å². The lowest BCUT2D eigenvalue weighted by Gasteiger charge is -2.17. The van der Waals surface area contributed by atoms with Gasteiger partial charge in [0.1, 0.15) is 30.2 Å². The Bertz CT molecular complexity index is 972. The molecule has 0 radical (unpaired) electrons. The Hall–Kier alpha value is -1.64. The summed E-state index contributed by atoms with van der Waals surface area (Å²) in [7, 11) is 1.59. The largest absolute Gasteiger partial charge is 1.00 e. The summed E-state index contributed by atoms with van der Waals surface area (Å²) in [5.41, 5.74) is 2.52. The Morgan fingerprint density at radius 1 is 1.15 bits per heavy atom. The van der Waals surface area contributed by atoms with E-state index in [0.717, 1.165) is 35.4 Å². The minimum atomic E-state index is -0.597. The van der Waals surface area contributed by atoms with Crippen molar-refractivity contribution in [2.45, 2.75) is 25.9 Å². The summed E-state index contributed by atoms with van der Waals surface area (Å²) in [4.78, 5) is 0. The molecule has 0 saturated carbocycles. The van der Waals surface area contributed by atoms with Gasteiger partial charge in [0.2, 0.25) is 5.36 Å². The van der Waals surface area contributed by atoms with Crippen LogP contribution in [-0.2, 0) is 4.74 Å². The fourth-order valence-corrected chi connectivity index (χ4v) is 3.73. The van der Waals surface area contributed by atoms with Crippen LogP contribution < -0.4 is 38.6 Å². The number of aliphatic hydroxyl groups excluding tert-OH is 1. The van der Waals surface area contributed by atoms with E-state index in [1.54, 1.807) is 14.0 Å². The van der Waals surface area contributed by atoms with Gasteiger partial charge in [-0.3, -0.25) is 0 Å². The van der Waals surface area contributed by atoms with Gasteiger partial charge in [-0.15, -0.1) is 0 Å². The highest BCUT2D eigenvalue weighted by atomic mass is 127. The number of halogens is 1. The second-order valence-electron chi connectivity index (χ2n) is 6.78. The second kappa shape index (κ2) is 8.58. The zero-order valence-electron chi connectivity index (χ0n) is 15.6. The van der Waals surface area contributed by atoms with Crippen LogP contribution in [0.3, 0.4) is 0 Å². The summed E-state index contributed by atoms with van der Waals surface area (Å²) in [6, 6.07) is 11.9. The van der Waals surface area contributed by atoms with Crippen molar-refractivity contribution in [3.63, 3.8) is 0 Å². The molecule has 1 saturated heterocycles. The standard InChI is InChI=1S/C21H24NO4.HI/c1-14(23)21-17-7-5-15(22-9-3-4-10-22)11-19(17)26-20-12-16(25-13-24-2)6-8-18(20)21;/h5-8,11-12,14,23H,3-4,9-10,13H2,1-2H3;1H/q+1;/p-1. The highest BCUT2D eigenvalue weighted by Gasteiger charge is 2.21. The average Bonchev–Trinajstić information content (AvgIpc) is 3.18. The molecule has 3 aliphatic rings. The van der Waals surface area contributed by atoms with Gasteiger partial charge in [0.15, 0.2) is 6.79 Å². The normalized spacial score (nSPS) is 15.1. The van der Waals surface area contributed by atoms with Gasteiger partial charge in [0.25, 0.3) is 0 Å². The SMILES string of the molecule is COCOc1ccc2c(C(C)O)c3ccc(=[N+]4CCCC4)cc-3oc2c1.[I-]. The van der Waals surface area contributed by atoms with Gasteiger partial charge in [0, 0.05) is 48.6 Å². The molecular weight excluding hydrogens is 457 g/mol. The number of nitrogens with zero attached hydrogens (tertiary/aromatic N) is 1. The molecule has 2 heterocycles. The molecule has 1 aromatic carbocycles. The maximum Gasteiger partial charge on any atom is 0.203 e. The van der Waals surface area contributed by atoms with E-state index in [2.05, 4.69) is 22.8 Å². The first-order valence-corrected chi connectivity index (χ1v) is 9.05. The second-order valence-corrected chi connectivity index (χ2v) is 6.78. The number of aliphatic hydroxyl groups is 1. The first-order valence-electron chi connectivity index (χ1n) is 9.05. The highest BCUT2D eigenvalue weighted by Crippen LogP contribution is 2.37. The number of methoxy groups -OCH3 is 1. The predicted molar refractivity (Wildman–Crippen MR) is 100 cm³/mol. The zero-order valence-corrected chi connectivity index (χ0v) is 17.7. The molecule has 1 atom stereocenters. The van der Waals surface area contributed by atoms with Gasteiger partial charge >= 0.3 is 0 Å². The van der Waals surface area contributed by atoms with Crippen LogP contribution in [0.4, 0.5) is 0 Å². The van der Waals surface area contributed by atoms with E-state index in [1.165, 1.54) is 18.2 Å². The fourth-order valence-electron chi connectivity index (χ4n) is 3.73. The van der Waals surface area contributed by atoms with Crippen molar-refractivity contribution in [3.8, 4) is 17.1 Å². The van der Waals surface area contributed by atoms with Gasteiger partial charge < -0.3 is 43.0 Å². The van der Waals surface area contributed by atoms with Gasteiger partial charge in [-0.1, -0.05) is 0 Å². The molecule has 0 aromatic heterocycles. The van der Waals surface area contributed by atoms with Crippen LogP contribution in [0.2, 0.25) is 0 Å². The van der Waals surface area contributed by atoms with E-state index in [9.17, 15) is 5.11 Å². The molecule has 2 aliphatic heterocycles. The monoisotopic (exact) mass is 481 g/mol. The summed E-state index contributed by atoms with van der Waals surface area (Å²) in [5, 5.41) is 12.5. The number of benzene rings is 2. The molecule has 27 heavy (non-hydrogen) atoms. The topological polar surface area (TPSA) is 54.8 Å². The molecule has 1 aliphatic carbocycles. The van der Waals surface area contributed by atoms with Crippen LogP contribution >= 0.6 is 0 Å². The van der Waals surface area contributed by atoms with Crippen LogP contribution in [0.5, 0.6) is 5.75 Å². The maximum absolute atomic E-state index is 10.4. The Balaban J connectivity index is 0.00000210. The summed E-state index contributed by atoms with van der Waals surface area (Å²) >= 11 is 0. The molecule has 4 rings (SSSR count). The van der Waals surface area contributed by atoms with Crippen molar-refractivity contribution in [2.24, 2.45) is 0 Å². The van der Waals surface area contributed by atoms with E-state index in [-0.39, 0.29) is 30.8 Å². The summed E-state index contributed by atoms with van der Waals surface area (Å²) in [6.45, 7) is 4.13. The highest BCUT2D eigenvalue weighted by molar-refractivity contribution is 5.89. The van der Waals surface area contributed by atoms with Crippen LogP contribution in [0.15, 0.2) is 40.8 Å². The number of ether oxygens (including phenoxy) is 2. The lowest BCUT2D eigenvalue weighted by molar-refractivity contribution is -0.0000112. The van der Waals surface area contributed by atoms with Crippen LogP contribution in [-0.4, -0.2) is 32.1 Å². The zero-order chi connectivity index (χ0) is 18.1. The van der Waals surface area contributed by atoms with Crippen molar-refractivity contribution in [3.05, 3.63) is 47.3 Å². The van der Waals surface area contributed by atoms with Crippen LogP contribution in [0.1, 0.15) is 31.4 Å². The number of rotatable bonds is 4. The Morgan fingerprint density at radius 3 is 2.63 bits per heavy atom. The maximum atomic E-state index is 10.4. The molecular formula is C21H24INO4. The summed E-state index contributed by atoms with van der Waals surface area (Å²) in [5.74, 6) is 1.45. The quantitative estimate of drug-likeness (QED) is 0.250. The minimum Gasteiger partial charge on any atom is -1.00 e. The molecule has 6 heteroatoms. The van der Waals surface area contributed by atoms with Gasteiger partial charge in [-0.05, 0) is 25.1 Å². The number of hydrogen-bond acceptors (Lipinski definition) is 4. The molecule has 144 valence electrons. The molecule has 1 N–H and O–H groups in total. The van der Waals surface area contributed by atoms with E-state index in [1.807, 2.05) is 18.2 Å². The first kappa shape index (κ1) is 20.1. The molecule has 1 unspecified atom stereocenters. The van der Waals surface area contributed by atoms with Crippen molar-refractivity contribution < 1.29 is 43.0 Å². The van der Waals surface area contributed by atoms with Crippen molar-refractivity contribution >= 4 is 11.0 Å². The predicted octanol–water partition coefficient (Wildman–Crippen LogP) is 0.144. The number of fused-ring (bicyclic) bond motifs is 2.